The molecule has 10 atom stereocenters. The van der Waals surface area contributed by atoms with Crippen molar-refractivity contribution in [1.29, 1.82) is 0 Å². The van der Waals surface area contributed by atoms with Crippen molar-refractivity contribution in [1.82, 2.24) is 4.90 Å². The van der Waals surface area contributed by atoms with Gasteiger partial charge in [0.2, 0.25) is 5.79 Å². The number of Topliss-reactive ketones (excluding diaryl/α,β-unsaturated/α-hetero) is 1. The zero-order valence-electron chi connectivity index (χ0n) is 21.6. The van der Waals surface area contributed by atoms with Crippen molar-refractivity contribution in [3.05, 3.63) is 0 Å². The highest BCUT2D eigenvalue weighted by Crippen LogP contribution is 2.47. The summed E-state index contributed by atoms with van der Waals surface area (Å²) >= 11 is 0. The molecule has 36 heavy (non-hydrogen) atoms. The van der Waals surface area contributed by atoms with Gasteiger partial charge < -0.3 is 35.1 Å². The van der Waals surface area contributed by atoms with Gasteiger partial charge in [-0.15, -0.1) is 0 Å². The molecule has 2 saturated heterocycles. The van der Waals surface area contributed by atoms with Crippen LogP contribution < -0.4 is 5.73 Å². The number of amides is 1. The number of nitrogens with zero attached hydrogens (tertiary/aromatic N) is 1. The normalized spacial score (nSPS) is 41.9. The van der Waals surface area contributed by atoms with Crippen molar-refractivity contribution in [2.24, 2.45) is 29.4 Å². The minimum atomic E-state index is -2.30. The molecule has 4 aliphatic rings. The van der Waals surface area contributed by atoms with Gasteiger partial charge in [-0.3, -0.25) is 9.59 Å². The zero-order valence-corrected chi connectivity index (χ0v) is 21.6. The first kappa shape index (κ1) is 27.4. The molecule has 2 aliphatic heterocycles. The second-order valence-corrected chi connectivity index (χ2v) is 11.3. The number of carbonyl (C=O) groups is 3. The van der Waals surface area contributed by atoms with E-state index in [1.807, 2.05) is 6.92 Å². The second kappa shape index (κ2) is 11.0. The van der Waals surface area contributed by atoms with E-state index in [1.165, 1.54) is 4.90 Å². The number of aliphatic hydroxyl groups is 2. The number of ketones is 1. The molecule has 2 heterocycles. The van der Waals surface area contributed by atoms with Crippen LogP contribution in [0.3, 0.4) is 0 Å². The number of fused-ring (bicyclic) bond motifs is 1. The quantitative estimate of drug-likeness (QED) is 0.353. The topological polar surface area (TPSA) is 149 Å². The molecule has 0 aromatic heterocycles. The van der Waals surface area contributed by atoms with Crippen LogP contribution >= 0.6 is 0 Å². The van der Waals surface area contributed by atoms with E-state index < -0.39 is 47.7 Å². The molecule has 1 amide bonds. The first-order valence-electron chi connectivity index (χ1n) is 13.5. The maximum atomic E-state index is 13.3. The van der Waals surface area contributed by atoms with Gasteiger partial charge in [0.05, 0.1) is 12.2 Å². The third-order valence-corrected chi connectivity index (χ3v) is 9.10. The molecule has 4 N–H and O–H groups in total. The molecule has 2 saturated carbocycles. The fourth-order valence-corrected chi connectivity index (χ4v) is 6.84. The van der Waals surface area contributed by atoms with Gasteiger partial charge in [-0.2, -0.15) is 0 Å². The van der Waals surface area contributed by atoms with Crippen molar-refractivity contribution in [2.75, 3.05) is 13.7 Å². The SMILES string of the molecule is COC1C(O)CCC2CC(C(C)OC(=O)C3CCCCN3C(=O)C(=O)C3(O)OC(N)CCC3C)CC21. The van der Waals surface area contributed by atoms with Gasteiger partial charge in [0.15, 0.2) is 0 Å². The van der Waals surface area contributed by atoms with E-state index in [-0.39, 0.29) is 30.6 Å². The van der Waals surface area contributed by atoms with E-state index in [9.17, 15) is 24.6 Å². The Morgan fingerprint density at radius 3 is 2.58 bits per heavy atom. The minimum Gasteiger partial charge on any atom is -0.461 e. The van der Waals surface area contributed by atoms with E-state index in [0.717, 1.165) is 25.7 Å². The van der Waals surface area contributed by atoms with Crippen LogP contribution in [0.15, 0.2) is 0 Å². The Hall–Kier alpha value is -1.59. The van der Waals surface area contributed by atoms with Crippen molar-refractivity contribution in [2.45, 2.75) is 108 Å². The highest BCUT2D eigenvalue weighted by molar-refractivity contribution is 6.39. The number of esters is 1. The first-order valence-corrected chi connectivity index (χ1v) is 13.5. The van der Waals surface area contributed by atoms with Crippen LogP contribution in [0.1, 0.15) is 71.6 Å². The largest absolute Gasteiger partial charge is 0.461 e. The van der Waals surface area contributed by atoms with Gasteiger partial charge in [0, 0.05) is 19.6 Å². The fourth-order valence-electron chi connectivity index (χ4n) is 6.84. The molecule has 204 valence electrons. The molecule has 0 aromatic carbocycles. The van der Waals surface area contributed by atoms with E-state index in [0.29, 0.717) is 38.0 Å². The number of rotatable bonds is 6. The summed E-state index contributed by atoms with van der Waals surface area (Å²) in [5, 5.41) is 21.2. The van der Waals surface area contributed by atoms with E-state index in [2.05, 4.69) is 0 Å². The molecular weight excluding hydrogens is 468 g/mol. The van der Waals surface area contributed by atoms with Crippen molar-refractivity contribution >= 4 is 17.7 Å². The molecule has 0 radical (unpaired) electrons. The summed E-state index contributed by atoms with van der Waals surface area (Å²) in [6, 6.07) is -0.883. The smallest absolute Gasteiger partial charge is 0.329 e. The highest BCUT2D eigenvalue weighted by atomic mass is 16.6. The minimum absolute atomic E-state index is 0.139. The Bertz CT molecular complexity index is 839. The average Bonchev–Trinajstić information content (AvgIpc) is 3.30. The average molecular weight is 511 g/mol. The number of carbonyl (C=O) groups excluding carboxylic acids is 3. The summed E-state index contributed by atoms with van der Waals surface area (Å²) in [4.78, 5) is 40.8. The lowest BCUT2D eigenvalue weighted by atomic mass is 9.78. The summed E-state index contributed by atoms with van der Waals surface area (Å²) in [6.45, 7) is 3.75. The van der Waals surface area contributed by atoms with Gasteiger partial charge >= 0.3 is 5.97 Å². The van der Waals surface area contributed by atoms with E-state index >= 15 is 0 Å². The first-order chi connectivity index (χ1) is 17.1. The Labute approximate surface area is 212 Å². The van der Waals surface area contributed by atoms with Crippen molar-refractivity contribution < 1.29 is 38.8 Å². The number of likely N-dealkylation sites (tertiary alicyclic amines) is 1. The number of aliphatic hydroxyl groups excluding tert-OH is 1. The summed E-state index contributed by atoms with van der Waals surface area (Å²) in [6.07, 6.45) is 4.21. The monoisotopic (exact) mass is 510 g/mol. The van der Waals surface area contributed by atoms with Crippen LogP contribution in [0.25, 0.3) is 0 Å². The van der Waals surface area contributed by atoms with Crippen LogP contribution in [0.5, 0.6) is 0 Å². The van der Waals surface area contributed by atoms with E-state index in [4.69, 9.17) is 19.9 Å². The third kappa shape index (κ3) is 5.20. The molecule has 10 unspecified atom stereocenters. The molecule has 4 rings (SSSR count). The molecular formula is C26H42N2O8. The number of hydrogen-bond acceptors (Lipinski definition) is 9. The molecule has 4 fully saturated rings. The predicted octanol–water partition coefficient (Wildman–Crippen LogP) is 1.10. The van der Waals surface area contributed by atoms with Crippen molar-refractivity contribution in [3.8, 4) is 0 Å². The Morgan fingerprint density at radius 1 is 1.11 bits per heavy atom. The van der Waals surface area contributed by atoms with E-state index in [1.54, 1.807) is 14.0 Å². The number of ether oxygens (including phenoxy) is 3. The van der Waals surface area contributed by atoms with Gasteiger partial charge in [-0.25, -0.2) is 4.79 Å². The zero-order chi connectivity index (χ0) is 26.2. The summed E-state index contributed by atoms with van der Waals surface area (Å²) in [5.74, 6) is -4.62. The predicted molar refractivity (Wildman–Crippen MR) is 128 cm³/mol. The maximum Gasteiger partial charge on any atom is 0.329 e. The van der Waals surface area contributed by atoms with Crippen LogP contribution in [0.4, 0.5) is 0 Å². The Morgan fingerprint density at radius 2 is 1.86 bits per heavy atom. The number of hydrogen-bond donors (Lipinski definition) is 3. The molecule has 0 bridgehead atoms. The fraction of sp³-hybridized carbons (Fsp3) is 0.885. The Balaban J connectivity index is 1.40. The molecule has 10 nitrogen and oxygen atoms in total. The summed E-state index contributed by atoms with van der Waals surface area (Å²) < 4.78 is 16.8. The highest BCUT2D eigenvalue weighted by Gasteiger charge is 2.52. The maximum absolute atomic E-state index is 13.3. The summed E-state index contributed by atoms with van der Waals surface area (Å²) in [7, 11) is 1.63. The summed E-state index contributed by atoms with van der Waals surface area (Å²) in [5.41, 5.74) is 5.79. The Kier molecular flexibility index (Phi) is 8.41. The van der Waals surface area contributed by atoms with Gasteiger partial charge in [0.25, 0.3) is 11.7 Å². The van der Waals surface area contributed by atoms with Gasteiger partial charge in [-0.05, 0) is 82.5 Å². The molecule has 10 heteroatoms. The molecule has 0 spiro atoms. The van der Waals surface area contributed by atoms with Gasteiger partial charge in [0.1, 0.15) is 18.4 Å². The standard InChI is InChI=1S/C26H42N2O8/c1-14-7-10-21(27)36-26(14,33)23(30)24(31)28-11-5-4-6-19(28)25(32)35-15(2)17-12-16-8-9-20(29)22(34-3)18(16)13-17/h14-22,29,33H,4-13,27H2,1-3H3. The van der Waals surface area contributed by atoms with Gasteiger partial charge in [-0.1, -0.05) is 6.92 Å². The lowest BCUT2D eigenvalue weighted by Crippen LogP contribution is -2.61. The van der Waals surface area contributed by atoms with Crippen molar-refractivity contribution in [3.63, 3.8) is 0 Å². The number of nitrogens with two attached hydrogens (primary N) is 1. The third-order valence-electron chi connectivity index (χ3n) is 9.10. The van der Waals surface area contributed by atoms with Crippen LogP contribution in [0, 0.1) is 23.7 Å². The molecule has 2 aliphatic carbocycles. The lowest BCUT2D eigenvalue weighted by Gasteiger charge is -2.41. The number of piperidine rings is 1. The number of methoxy groups -OCH3 is 1. The lowest BCUT2D eigenvalue weighted by molar-refractivity contribution is -0.261. The van der Waals surface area contributed by atoms with Crippen LogP contribution in [-0.4, -0.2) is 82.8 Å². The second-order valence-electron chi connectivity index (χ2n) is 11.3. The van der Waals surface area contributed by atoms with Crippen LogP contribution in [0.2, 0.25) is 0 Å². The van der Waals surface area contributed by atoms with Crippen LogP contribution in [-0.2, 0) is 28.6 Å². The molecule has 0 aromatic rings.